The van der Waals surface area contributed by atoms with Gasteiger partial charge in [-0.2, -0.15) is 0 Å². The number of aryl methyl sites for hydroxylation is 1. The lowest BCUT2D eigenvalue weighted by Crippen LogP contribution is -2.39. The van der Waals surface area contributed by atoms with Crippen molar-refractivity contribution in [3.05, 3.63) is 34.9 Å². The third-order valence-corrected chi connectivity index (χ3v) is 3.06. The van der Waals surface area contributed by atoms with Crippen LogP contribution in [-0.4, -0.2) is 0 Å². The molecule has 15 heavy (non-hydrogen) atoms. The average Bonchev–Trinajstić information content (AvgIpc) is 2.13. The van der Waals surface area contributed by atoms with E-state index < -0.39 is 17.2 Å². The van der Waals surface area contributed by atoms with E-state index in [1.165, 1.54) is 6.92 Å². The first kappa shape index (κ1) is 12.1. The largest absolute Gasteiger partial charge is 0.321 e. The van der Waals surface area contributed by atoms with E-state index in [0.717, 1.165) is 0 Å². The zero-order valence-electron chi connectivity index (χ0n) is 9.57. The second-order valence-electron chi connectivity index (χ2n) is 4.50. The molecule has 1 atom stereocenters. The van der Waals surface area contributed by atoms with Crippen LogP contribution in [0.3, 0.4) is 0 Å². The standard InChI is InChI=1S/C12H17F2N/c1-7(2)12(4,15)9-6-5-8(3)10(13)11(9)14/h5-7H,15H2,1-4H3. The van der Waals surface area contributed by atoms with Crippen molar-refractivity contribution in [3.8, 4) is 0 Å². The van der Waals surface area contributed by atoms with Crippen molar-refractivity contribution in [2.24, 2.45) is 11.7 Å². The Labute approximate surface area is 89.3 Å². The lowest BCUT2D eigenvalue weighted by atomic mass is 9.82. The molecule has 0 aromatic heterocycles. The summed E-state index contributed by atoms with van der Waals surface area (Å²) in [5.41, 5.74) is 5.68. The molecule has 0 heterocycles. The van der Waals surface area contributed by atoms with Gasteiger partial charge in [0.05, 0.1) is 0 Å². The summed E-state index contributed by atoms with van der Waals surface area (Å²) in [5, 5.41) is 0. The first-order chi connectivity index (χ1) is 6.78. The normalized spacial score (nSPS) is 15.5. The van der Waals surface area contributed by atoms with Gasteiger partial charge in [0, 0.05) is 11.1 Å². The maximum Gasteiger partial charge on any atom is 0.164 e. The molecule has 3 heteroatoms. The first-order valence-electron chi connectivity index (χ1n) is 5.02. The zero-order chi connectivity index (χ0) is 11.8. The van der Waals surface area contributed by atoms with Crippen LogP contribution in [0.2, 0.25) is 0 Å². The van der Waals surface area contributed by atoms with Gasteiger partial charge in [0.25, 0.3) is 0 Å². The number of hydrogen-bond acceptors (Lipinski definition) is 1. The Morgan fingerprint density at radius 1 is 1.20 bits per heavy atom. The fraction of sp³-hybridized carbons (Fsp3) is 0.500. The van der Waals surface area contributed by atoms with Crippen LogP contribution in [0.1, 0.15) is 31.9 Å². The van der Waals surface area contributed by atoms with Crippen LogP contribution >= 0.6 is 0 Å². The number of halogens is 2. The summed E-state index contributed by atoms with van der Waals surface area (Å²) in [7, 11) is 0. The maximum atomic E-state index is 13.7. The molecule has 0 spiro atoms. The third kappa shape index (κ3) is 2.02. The molecule has 0 saturated heterocycles. The van der Waals surface area contributed by atoms with E-state index in [4.69, 9.17) is 5.73 Å². The van der Waals surface area contributed by atoms with Gasteiger partial charge in [-0.25, -0.2) is 8.78 Å². The fourth-order valence-corrected chi connectivity index (χ4v) is 1.37. The zero-order valence-corrected chi connectivity index (χ0v) is 9.57. The van der Waals surface area contributed by atoms with Crippen LogP contribution in [0, 0.1) is 24.5 Å². The molecule has 0 aliphatic carbocycles. The summed E-state index contributed by atoms with van der Waals surface area (Å²) < 4.78 is 27.0. The molecule has 84 valence electrons. The number of nitrogens with two attached hydrogens (primary N) is 1. The van der Waals surface area contributed by atoms with Gasteiger partial charge in [-0.15, -0.1) is 0 Å². The lowest BCUT2D eigenvalue weighted by Gasteiger charge is -2.30. The monoisotopic (exact) mass is 213 g/mol. The summed E-state index contributed by atoms with van der Waals surface area (Å²) in [6, 6.07) is 3.12. The lowest BCUT2D eigenvalue weighted by molar-refractivity contribution is 0.330. The molecule has 0 bridgehead atoms. The molecule has 0 fully saturated rings. The van der Waals surface area contributed by atoms with Crippen molar-refractivity contribution < 1.29 is 8.78 Å². The second kappa shape index (κ2) is 3.89. The van der Waals surface area contributed by atoms with Crippen LogP contribution in [0.5, 0.6) is 0 Å². The fourth-order valence-electron chi connectivity index (χ4n) is 1.37. The molecule has 0 saturated carbocycles. The molecule has 1 aromatic rings. The quantitative estimate of drug-likeness (QED) is 0.802. The maximum absolute atomic E-state index is 13.7. The van der Waals surface area contributed by atoms with Crippen molar-refractivity contribution in [1.82, 2.24) is 0 Å². The minimum absolute atomic E-state index is 0.0362. The van der Waals surface area contributed by atoms with Gasteiger partial charge in [-0.05, 0) is 25.3 Å². The smallest absolute Gasteiger partial charge is 0.164 e. The van der Waals surface area contributed by atoms with Gasteiger partial charge in [0.15, 0.2) is 11.6 Å². The Bertz CT molecular complexity index is 370. The molecular weight excluding hydrogens is 196 g/mol. The minimum atomic E-state index is -0.849. The molecule has 0 radical (unpaired) electrons. The van der Waals surface area contributed by atoms with E-state index in [0.29, 0.717) is 5.56 Å². The minimum Gasteiger partial charge on any atom is -0.321 e. The van der Waals surface area contributed by atoms with E-state index in [-0.39, 0.29) is 11.5 Å². The molecule has 1 aromatic carbocycles. The van der Waals surface area contributed by atoms with Crippen molar-refractivity contribution >= 4 is 0 Å². The number of rotatable bonds is 2. The summed E-state index contributed by atoms with van der Waals surface area (Å²) in [6.45, 7) is 7.02. The van der Waals surface area contributed by atoms with Crippen molar-refractivity contribution in [3.63, 3.8) is 0 Å². The van der Waals surface area contributed by atoms with E-state index in [9.17, 15) is 8.78 Å². The Hall–Kier alpha value is -0.960. The number of benzene rings is 1. The Morgan fingerprint density at radius 2 is 1.73 bits per heavy atom. The van der Waals surface area contributed by atoms with Crippen molar-refractivity contribution in [2.75, 3.05) is 0 Å². The molecule has 0 aliphatic rings. The molecular formula is C12H17F2N. The third-order valence-electron chi connectivity index (χ3n) is 3.06. The van der Waals surface area contributed by atoms with Crippen LogP contribution in [0.25, 0.3) is 0 Å². The van der Waals surface area contributed by atoms with Crippen LogP contribution in [0.15, 0.2) is 12.1 Å². The first-order valence-corrected chi connectivity index (χ1v) is 5.02. The van der Waals surface area contributed by atoms with Gasteiger partial charge < -0.3 is 5.73 Å². The van der Waals surface area contributed by atoms with Crippen LogP contribution in [0.4, 0.5) is 8.78 Å². The SMILES string of the molecule is Cc1ccc(C(C)(N)C(C)C)c(F)c1F. The highest BCUT2D eigenvalue weighted by Gasteiger charge is 2.30. The predicted octanol–water partition coefficient (Wildman–Crippen LogP) is 3.10. The average molecular weight is 213 g/mol. The highest BCUT2D eigenvalue weighted by Crippen LogP contribution is 2.30. The van der Waals surface area contributed by atoms with E-state index >= 15 is 0 Å². The van der Waals surface area contributed by atoms with Gasteiger partial charge in [-0.3, -0.25) is 0 Å². The highest BCUT2D eigenvalue weighted by atomic mass is 19.2. The Balaban J connectivity index is 3.34. The number of hydrogen-bond donors (Lipinski definition) is 1. The van der Waals surface area contributed by atoms with Crippen LogP contribution in [-0.2, 0) is 5.54 Å². The van der Waals surface area contributed by atoms with Gasteiger partial charge in [0.1, 0.15) is 0 Å². The molecule has 0 aliphatic heterocycles. The molecule has 0 amide bonds. The predicted molar refractivity (Wildman–Crippen MR) is 57.5 cm³/mol. The van der Waals surface area contributed by atoms with Crippen LogP contribution < -0.4 is 5.73 Å². The van der Waals surface area contributed by atoms with Gasteiger partial charge >= 0.3 is 0 Å². The summed E-state index contributed by atoms with van der Waals surface area (Å²) in [4.78, 5) is 0. The van der Waals surface area contributed by atoms with E-state index in [1.807, 2.05) is 13.8 Å². The van der Waals surface area contributed by atoms with Gasteiger partial charge in [0.2, 0.25) is 0 Å². The van der Waals surface area contributed by atoms with Gasteiger partial charge in [-0.1, -0.05) is 26.0 Å². The summed E-state index contributed by atoms with van der Waals surface area (Å²) >= 11 is 0. The highest BCUT2D eigenvalue weighted by molar-refractivity contribution is 5.30. The van der Waals surface area contributed by atoms with Crippen molar-refractivity contribution in [2.45, 2.75) is 33.2 Å². The molecule has 1 rings (SSSR count). The van der Waals surface area contributed by atoms with Crippen molar-refractivity contribution in [1.29, 1.82) is 0 Å². The second-order valence-corrected chi connectivity index (χ2v) is 4.50. The topological polar surface area (TPSA) is 26.0 Å². The summed E-state index contributed by atoms with van der Waals surface area (Å²) in [6.07, 6.45) is 0. The molecule has 1 nitrogen and oxygen atoms in total. The molecule has 2 N–H and O–H groups in total. The molecule has 1 unspecified atom stereocenters. The van der Waals surface area contributed by atoms with E-state index in [1.54, 1.807) is 19.1 Å². The Morgan fingerprint density at radius 3 is 2.20 bits per heavy atom. The van der Waals surface area contributed by atoms with E-state index in [2.05, 4.69) is 0 Å². The Kier molecular flexibility index (Phi) is 3.14. The summed E-state index contributed by atoms with van der Waals surface area (Å²) in [5.74, 6) is -1.59.